The smallest absolute Gasteiger partial charge is 0.220 e. The van der Waals surface area contributed by atoms with Gasteiger partial charge in [0.05, 0.1) is 0 Å². The average molecular weight is 457 g/mol. The number of hydrogen-bond donors (Lipinski definition) is 0. The molecule has 0 aromatic heterocycles. The Bertz CT molecular complexity index is 260. The molecule has 12 heteroatoms. The molecule has 2 atom stereocenters. The lowest BCUT2D eigenvalue weighted by atomic mass is 10.1. The van der Waals surface area contributed by atoms with Crippen LogP contribution in [0, 0.1) is 0 Å². The molecule has 17 heavy (non-hydrogen) atoms. The van der Waals surface area contributed by atoms with Gasteiger partial charge in [0.1, 0.15) is 0 Å². The summed E-state index contributed by atoms with van der Waals surface area (Å²) in [6, 6.07) is 0. The Labute approximate surface area is 109 Å². The Morgan fingerprint density at radius 2 is 0.941 bits per heavy atom. The fourth-order valence-corrected chi connectivity index (χ4v) is 1.41. The second kappa shape index (κ2) is 4.27. The quantitative estimate of drug-likeness (QED) is 0.315. The van der Waals surface area contributed by atoms with Crippen molar-refractivity contribution in [3.63, 3.8) is 0 Å². The van der Waals surface area contributed by atoms with Gasteiger partial charge in [-0.05, 0) is 38.5 Å². The molecule has 0 aromatic carbocycles. The summed E-state index contributed by atoms with van der Waals surface area (Å²) >= 11 is 0.331. The van der Waals surface area contributed by atoms with Gasteiger partial charge in [-0.1, -0.05) is 0 Å². The molecule has 0 aromatic rings. The molecule has 0 spiro atoms. The second-order valence-electron chi connectivity index (χ2n) is 2.72. The van der Waals surface area contributed by atoms with E-state index in [4.69, 9.17) is 0 Å². The first-order valence-electron chi connectivity index (χ1n) is 3.27. The van der Waals surface area contributed by atoms with Crippen LogP contribution in [0.5, 0.6) is 0 Å². The van der Waals surface area contributed by atoms with Crippen molar-refractivity contribution in [3.05, 3.63) is 0 Å². The van der Waals surface area contributed by atoms with Crippen LogP contribution in [0.2, 0.25) is 0 Å². The van der Waals surface area contributed by atoms with E-state index in [9.17, 15) is 43.9 Å². The monoisotopic (exact) mass is 456 g/mol. The third-order valence-electron chi connectivity index (χ3n) is 1.50. The molecule has 0 aliphatic heterocycles. The van der Waals surface area contributed by atoms with Crippen molar-refractivity contribution in [2.45, 2.75) is 26.5 Å². The van der Waals surface area contributed by atoms with E-state index in [0.29, 0.717) is 0 Å². The van der Waals surface area contributed by atoms with Crippen LogP contribution in [-0.4, -0.2) is 26.5 Å². The summed E-state index contributed by atoms with van der Waals surface area (Å²) < 4.78 is 110. The fraction of sp³-hybridized carbons (Fsp3) is 1.00. The Hall–Kier alpha value is 0.510. The summed E-state index contributed by atoms with van der Waals surface area (Å²) in [5.74, 6) is -6.55. The van der Waals surface area contributed by atoms with Crippen molar-refractivity contribution in [2.24, 2.45) is 0 Å². The summed E-state index contributed by atoms with van der Waals surface area (Å²) in [6.07, 6.45) is -13.0. The molecule has 0 nitrogen and oxygen atoms in total. The molecule has 0 aliphatic rings. The van der Waals surface area contributed by atoms with Crippen molar-refractivity contribution < 1.29 is 43.9 Å². The summed E-state index contributed by atoms with van der Waals surface area (Å²) in [6.45, 7) is 0. The SMILES string of the molecule is FC(F)(F)C(F)(F)C(F)(I)C(F)(Br)C(F)(F)F. The average Bonchev–Trinajstić information content (AvgIpc) is 1.98. The van der Waals surface area contributed by atoms with E-state index in [1.807, 2.05) is 0 Å². The molecule has 0 N–H and O–H groups in total. The molecule has 0 heterocycles. The van der Waals surface area contributed by atoms with E-state index in [2.05, 4.69) is 0 Å². The van der Waals surface area contributed by atoms with E-state index in [0.717, 1.165) is 15.9 Å². The molecule has 0 amide bonds. The Morgan fingerprint density at radius 3 is 1.12 bits per heavy atom. The van der Waals surface area contributed by atoms with Gasteiger partial charge in [0.2, 0.25) is 0 Å². The molecule has 0 rings (SSSR count). The molecule has 0 saturated carbocycles. The molecule has 0 radical (unpaired) electrons. The molecule has 104 valence electrons. The van der Waals surface area contributed by atoms with Crippen LogP contribution in [0.4, 0.5) is 43.9 Å². The van der Waals surface area contributed by atoms with E-state index >= 15 is 0 Å². The summed E-state index contributed by atoms with van der Waals surface area (Å²) in [4.78, 5) is 0. The van der Waals surface area contributed by atoms with Gasteiger partial charge in [0.25, 0.3) is 3.68 Å². The normalized spacial score (nSPS) is 21.9. The molecule has 0 fully saturated rings. The minimum Gasteiger partial charge on any atom is -0.220 e. The highest BCUT2D eigenvalue weighted by atomic mass is 127. The van der Waals surface area contributed by atoms with Crippen molar-refractivity contribution in [3.8, 4) is 0 Å². The second-order valence-corrected chi connectivity index (χ2v) is 5.30. The molecule has 0 bridgehead atoms. The number of hydrogen-bond acceptors (Lipinski definition) is 0. The van der Waals surface area contributed by atoms with Gasteiger partial charge in [0.15, 0.2) is 0 Å². The van der Waals surface area contributed by atoms with Gasteiger partial charge in [-0.15, -0.1) is 0 Å². The molecule has 0 aliphatic carbocycles. The topological polar surface area (TPSA) is 0 Å². The van der Waals surface area contributed by atoms with Crippen LogP contribution in [0.1, 0.15) is 0 Å². The lowest BCUT2D eigenvalue weighted by Crippen LogP contribution is -2.63. The van der Waals surface area contributed by atoms with E-state index < -0.39 is 49.1 Å². The van der Waals surface area contributed by atoms with Gasteiger partial charge in [0, 0.05) is 0 Å². The predicted molar refractivity (Wildman–Crippen MR) is 47.7 cm³/mol. The van der Waals surface area contributed by atoms with Crippen LogP contribution in [0.25, 0.3) is 0 Å². The van der Waals surface area contributed by atoms with Gasteiger partial charge in [-0.3, -0.25) is 0 Å². The highest BCUT2D eigenvalue weighted by Crippen LogP contribution is 2.61. The third kappa shape index (κ3) is 2.61. The van der Waals surface area contributed by atoms with Crippen molar-refractivity contribution in [1.29, 1.82) is 0 Å². The zero-order chi connectivity index (χ0) is 14.5. The van der Waals surface area contributed by atoms with E-state index in [-0.39, 0.29) is 0 Å². The maximum absolute atomic E-state index is 13.0. The Kier molecular flexibility index (Phi) is 4.39. The Balaban J connectivity index is 5.73. The highest BCUT2D eigenvalue weighted by molar-refractivity contribution is 14.1. The molecule has 2 unspecified atom stereocenters. The van der Waals surface area contributed by atoms with Crippen LogP contribution >= 0.6 is 38.5 Å². The molecular weight excluding hydrogens is 457 g/mol. The Morgan fingerprint density at radius 1 is 0.647 bits per heavy atom. The summed E-state index contributed by atoms with van der Waals surface area (Å²) in [5, 5.41) is 0. The van der Waals surface area contributed by atoms with E-state index in [1.165, 1.54) is 0 Å². The zero-order valence-corrected chi connectivity index (χ0v) is 10.8. The summed E-state index contributed by atoms with van der Waals surface area (Å²) in [7, 11) is 0. The van der Waals surface area contributed by atoms with Gasteiger partial charge in [-0.2, -0.15) is 35.1 Å². The zero-order valence-electron chi connectivity index (χ0n) is 7.04. The van der Waals surface area contributed by atoms with Gasteiger partial charge >= 0.3 is 22.9 Å². The number of rotatable bonds is 2. The molecule has 0 saturated heterocycles. The third-order valence-corrected chi connectivity index (χ3v) is 4.66. The van der Waals surface area contributed by atoms with Crippen LogP contribution in [-0.2, 0) is 0 Å². The lowest BCUT2D eigenvalue weighted by molar-refractivity contribution is -0.333. The van der Waals surface area contributed by atoms with Crippen molar-refractivity contribution in [2.75, 3.05) is 0 Å². The highest BCUT2D eigenvalue weighted by Gasteiger charge is 2.83. The van der Waals surface area contributed by atoms with E-state index in [1.54, 1.807) is 0 Å². The minimum absolute atomic E-state index is 0.567. The minimum atomic E-state index is -6.68. The van der Waals surface area contributed by atoms with Crippen LogP contribution in [0.3, 0.4) is 0 Å². The fourth-order valence-electron chi connectivity index (χ4n) is 0.553. The van der Waals surface area contributed by atoms with Crippen molar-refractivity contribution in [1.82, 2.24) is 0 Å². The summed E-state index contributed by atoms with van der Waals surface area (Å²) in [5.41, 5.74) is 0. The van der Waals surface area contributed by atoms with Crippen LogP contribution < -0.4 is 0 Å². The number of alkyl halides is 12. The first kappa shape index (κ1) is 17.5. The largest absolute Gasteiger partial charge is 0.457 e. The first-order chi connectivity index (χ1) is 7.00. The standard InChI is InChI=1S/C5BrF10I/c6-1(7,4(11,12)13)3(10,17)2(8,9)5(14,15)16. The first-order valence-corrected chi connectivity index (χ1v) is 5.14. The van der Waals surface area contributed by atoms with Crippen LogP contribution in [0.15, 0.2) is 0 Å². The maximum Gasteiger partial charge on any atom is 0.457 e. The molecular formula is C5BrF10I. The number of halogens is 12. The van der Waals surface area contributed by atoms with Crippen molar-refractivity contribution >= 4 is 38.5 Å². The van der Waals surface area contributed by atoms with Gasteiger partial charge in [-0.25, -0.2) is 8.78 Å². The van der Waals surface area contributed by atoms with Gasteiger partial charge < -0.3 is 0 Å². The lowest BCUT2D eigenvalue weighted by Gasteiger charge is -2.37. The maximum atomic E-state index is 13.0. The predicted octanol–water partition coefficient (Wildman–Crippen LogP) is 4.91.